The lowest BCUT2D eigenvalue weighted by molar-refractivity contribution is 0.107. The lowest BCUT2D eigenvalue weighted by Gasteiger charge is -1.93. The molecule has 1 aromatic carbocycles. The number of H-pyrrole nitrogens is 1. The second kappa shape index (κ2) is 3.64. The molecule has 1 N–H and O–H groups in total. The van der Waals surface area contributed by atoms with E-state index < -0.39 is 5.24 Å². The van der Waals surface area contributed by atoms with E-state index in [0.29, 0.717) is 11.5 Å². The number of rotatable bonds is 2. The molecular formula is C10H7ClN2O. The maximum Gasteiger partial charge on any atom is 0.270 e. The van der Waals surface area contributed by atoms with Gasteiger partial charge >= 0.3 is 0 Å². The lowest BCUT2D eigenvalue weighted by atomic mass is 10.2. The summed E-state index contributed by atoms with van der Waals surface area (Å²) in [5.41, 5.74) is 1.24. The topological polar surface area (TPSA) is 45.8 Å². The molecule has 0 atom stereocenters. The van der Waals surface area contributed by atoms with E-state index in [1.54, 1.807) is 0 Å². The van der Waals surface area contributed by atoms with Crippen LogP contribution in [0.2, 0.25) is 0 Å². The van der Waals surface area contributed by atoms with Crippen LogP contribution < -0.4 is 0 Å². The molecule has 0 radical (unpaired) electrons. The highest BCUT2D eigenvalue weighted by Gasteiger charge is 2.06. The first-order valence-corrected chi connectivity index (χ1v) is 4.45. The Balaban J connectivity index is 2.39. The van der Waals surface area contributed by atoms with Crippen molar-refractivity contribution in [2.75, 3.05) is 0 Å². The number of carbonyl (C=O) groups excluding carboxylic acids is 1. The largest absolute Gasteiger partial charge is 0.334 e. The molecular weight excluding hydrogens is 200 g/mol. The third-order valence-corrected chi connectivity index (χ3v) is 2.04. The van der Waals surface area contributed by atoms with Crippen molar-refractivity contribution in [3.63, 3.8) is 0 Å². The van der Waals surface area contributed by atoms with Crippen molar-refractivity contribution >= 4 is 16.8 Å². The van der Waals surface area contributed by atoms with Crippen LogP contribution in [0.1, 0.15) is 10.5 Å². The Morgan fingerprint density at radius 3 is 2.57 bits per heavy atom. The van der Waals surface area contributed by atoms with Crippen LogP contribution in [0.4, 0.5) is 0 Å². The number of nitrogens with zero attached hydrogens (tertiary/aromatic N) is 1. The molecule has 0 aliphatic rings. The van der Waals surface area contributed by atoms with Crippen molar-refractivity contribution < 1.29 is 4.79 Å². The second-order valence-corrected chi connectivity index (χ2v) is 3.13. The van der Waals surface area contributed by atoms with Crippen LogP contribution in [0.3, 0.4) is 0 Å². The zero-order chi connectivity index (χ0) is 9.97. The smallest absolute Gasteiger partial charge is 0.270 e. The van der Waals surface area contributed by atoms with Gasteiger partial charge in [-0.1, -0.05) is 30.3 Å². The van der Waals surface area contributed by atoms with Gasteiger partial charge in [-0.25, -0.2) is 4.98 Å². The molecule has 0 spiro atoms. The molecule has 0 saturated carbocycles. The third kappa shape index (κ3) is 1.67. The van der Waals surface area contributed by atoms with E-state index >= 15 is 0 Å². The van der Waals surface area contributed by atoms with E-state index in [-0.39, 0.29) is 0 Å². The third-order valence-electron chi connectivity index (χ3n) is 1.83. The highest BCUT2D eigenvalue weighted by atomic mass is 35.5. The van der Waals surface area contributed by atoms with E-state index in [2.05, 4.69) is 9.97 Å². The Hall–Kier alpha value is -1.61. The highest BCUT2D eigenvalue weighted by Crippen LogP contribution is 2.15. The van der Waals surface area contributed by atoms with E-state index in [1.165, 1.54) is 6.20 Å². The van der Waals surface area contributed by atoms with Crippen LogP contribution in [-0.2, 0) is 0 Å². The van der Waals surface area contributed by atoms with Crippen LogP contribution in [-0.4, -0.2) is 15.2 Å². The quantitative estimate of drug-likeness (QED) is 0.768. The predicted molar refractivity (Wildman–Crippen MR) is 54.2 cm³/mol. The monoisotopic (exact) mass is 206 g/mol. The average molecular weight is 207 g/mol. The average Bonchev–Trinajstić information content (AvgIpc) is 2.68. The molecule has 0 unspecified atom stereocenters. The van der Waals surface area contributed by atoms with E-state index in [1.807, 2.05) is 30.3 Å². The number of nitrogens with one attached hydrogen (secondary N) is 1. The number of halogens is 1. The minimum absolute atomic E-state index is 0.311. The van der Waals surface area contributed by atoms with Gasteiger partial charge in [0.2, 0.25) is 0 Å². The summed E-state index contributed by atoms with van der Waals surface area (Å²) in [7, 11) is 0. The van der Waals surface area contributed by atoms with Gasteiger partial charge in [-0.15, -0.1) is 0 Å². The van der Waals surface area contributed by atoms with E-state index in [4.69, 9.17) is 11.6 Å². The molecule has 0 bridgehead atoms. The molecule has 2 rings (SSSR count). The summed E-state index contributed by atoms with van der Waals surface area (Å²) < 4.78 is 0. The summed E-state index contributed by atoms with van der Waals surface area (Å²) in [6.45, 7) is 0. The molecule has 0 fully saturated rings. The Morgan fingerprint density at radius 1 is 1.29 bits per heavy atom. The number of aromatic nitrogens is 2. The van der Waals surface area contributed by atoms with Gasteiger partial charge in [-0.2, -0.15) is 0 Å². The first-order valence-electron chi connectivity index (χ1n) is 4.07. The molecule has 0 saturated heterocycles. The minimum Gasteiger partial charge on any atom is -0.334 e. The molecule has 0 aliphatic heterocycles. The Morgan fingerprint density at radius 2 is 2.00 bits per heavy atom. The number of aromatic amines is 1. The van der Waals surface area contributed by atoms with Gasteiger partial charge < -0.3 is 4.98 Å². The number of benzene rings is 1. The SMILES string of the molecule is O=C(Cl)c1cnc(-c2ccccc2)[nH]1. The molecule has 2 aromatic rings. The summed E-state index contributed by atoms with van der Waals surface area (Å²) >= 11 is 5.29. The Labute approximate surface area is 85.7 Å². The normalized spacial score (nSPS) is 10.1. The Bertz CT molecular complexity index is 450. The van der Waals surface area contributed by atoms with Gasteiger partial charge in [0.1, 0.15) is 11.5 Å². The molecule has 4 heteroatoms. The predicted octanol–water partition coefficient (Wildman–Crippen LogP) is 2.46. The van der Waals surface area contributed by atoms with Gasteiger partial charge in [-0.05, 0) is 11.6 Å². The summed E-state index contributed by atoms with van der Waals surface area (Å²) in [6.07, 6.45) is 1.43. The van der Waals surface area contributed by atoms with Gasteiger partial charge in [0.25, 0.3) is 5.24 Å². The standard InChI is InChI=1S/C10H7ClN2O/c11-9(14)8-6-12-10(13-8)7-4-2-1-3-5-7/h1-6H,(H,12,13). The molecule has 1 aromatic heterocycles. The summed E-state index contributed by atoms with van der Waals surface area (Å²) in [5.74, 6) is 0.648. The lowest BCUT2D eigenvalue weighted by Crippen LogP contribution is -1.87. The van der Waals surface area contributed by atoms with Gasteiger partial charge in [-0.3, -0.25) is 4.79 Å². The van der Waals surface area contributed by atoms with Gasteiger partial charge in [0.15, 0.2) is 0 Å². The summed E-state index contributed by atoms with van der Waals surface area (Å²) in [4.78, 5) is 17.7. The van der Waals surface area contributed by atoms with Gasteiger partial charge in [0.05, 0.1) is 6.20 Å². The number of imidazole rings is 1. The first kappa shape index (κ1) is 8.97. The zero-order valence-corrected chi connectivity index (χ0v) is 7.95. The van der Waals surface area contributed by atoms with Crippen LogP contribution in [0.25, 0.3) is 11.4 Å². The van der Waals surface area contributed by atoms with Crippen LogP contribution in [0.5, 0.6) is 0 Å². The molecule has 14 heavy (non-hydrogen) atoms. The fourth-order valence-corrected chi connectivity index (χ4v) is 1.26. The summed E-state index contributed by atoms with van der Waals surface area (Å²) in [5, 5.41) is -0.528. The van der Waals surface area contributed by atoms with Crippen molar-refractivity contribution in [3.05, 3.63) is 42.2 Å². The molecule has 70 valence electrons. The number of hydrogen-bond acceptors (Lipinski definition) is 2. The maximum atomic E-state index is 10.8. The highest BCUT2D eigenvalue weighted by molar-refractivity contribution is 6.67. The molecule has 3 nitrogen and oxygen atoms in total. The molecule has 0 amide bonds. The van der Waals surface area contributed by atoms with Gasteiger partial charge in [0, 0.05) is 5.56 Å². The second-order valence-electron chi connectivity index (χ2n) is 2.79. The first-order chi connectivity index (χ1) is 6.77. The van der Waals surface area contributed by atoms with Crippen LogP contribution in [0, 0.1) is 0 Å². The van der Waals surface area contributed by atoms with Crippen LogP contribution >= 0.6 is 11.6 Å². The van der Waals surface area contributed by atoms with E-state index in [9.17, 15) is 4.79 Å². The number of hydrogen-bond donors (Lipinski definition) is 1. The van der Waals surface area contributed by atoms with Crippen molar-refractivity contribution in [3.8, 4) is 11.4 Å². The van der Waals surface area contributed by atoms with Crippen molar-refractivity contribution in [2.45, 2.75) is 0 Å². The molecule has 1 heterocycles. The summed E-state index contributed by atoms with van der Waals surface area (Å²) in [6, 6.07) is 9.53. The van der Waals surface area contributed by atoms with Crippen molar-refractivity contribution in [1.29, 1.82) is 0 Å². The maximum absolute atomic E-state index is 10.8. The van der Waals surface area contributed by atoms with Crippen LogP contribution in [0.15, 0.2) is 36.5 Å². The Kier molecular flexibility index (Phi) is 2.33. The van der Waals surface area contributed by atoms with E-state index in [0.717, 1.165) is 5.56 Å². The minimum atomic E-state index is -0.528. The zero-order valence-electron chi connectivity index (χ0n) is 7.20. The number of carbonyl (C=O) groups is 1. The van der Waals surface area contributed by atoms with Crippen molar-refractivity contribution in [2.24, 2.45) is 0 Å². The van der Waals surface area contributed by atoms with Crippen molar-refractivity contribution in [1.82, 2.24) is 9.97 Å². The fraction of sp³-hybridized carbons (Fsp3) is 0. The molecule has 0 aliphatic carbocycles. The fourth-order valence-electron chi connectivity index (χ4n) is 1.16.